The zero-order valence-electron chi connectivity index (χ0n) is 16.6. The van der Waals surface area contributed by atoms with Crippen LogP contribution < -0.4 is 10.6 Å². The second kappa shape index (κ2) is 12.2. The topological polar surface area (TPSA) is 55.4 Å². The summed E-state index contributed by atoms with van der Waals surface area (Å²) in [7, 11) is 1.83. The van der Waals surface area contributed by atoms with Crippen LogP contribution in [0.4, 0.5) is 0 Å². The molecule has 0 bridgehead atoms. The van der Waals surface area contributed by atoms with Gasteiger partial charge >= 0.3 is 0 Å². The summed E-state index contributed by atoms with van der Waals surface area (Å²) >= 11 is 0. The largest absolute Gasteiger partial charge is 0.358 e. The Labute approximate surface area is 175 Å². The van der Waals surface area contributed by atoms with Crippen LogP contribution in [0.25, 0.3) is 10.9 Å². The SMILES string of the molecule is CCCN(CC)CCNC(=NC)NCCc1c(C)[nH]c2ccccc12.I. The van der Waals surface area contributed by atoms with E-state index in [1.807, 2.05) is 7.05 Å². The van der Waals surface area contributed by atoms with Gasteiger partial charge in [0.1, 0.15) is 0 Å². The summed E-state index contributed by atoms with van der Waals surface area (Å²) in [5, 5.41) is 8.17. The molecule has 2 rings (SSSR count). The number of hydrogen-bond donors (Lipinski definition) is 3. The third-order valence-electron chi connectivity index (χ3n) is 4.63. The molecule has 1 heterocycles. The smallest absolute Gasteiger partial charge is 0.191 e. The molecule has 1 aromatic carbocycles. The lowest BCUT2D eigenvalue weighted by atomic mass is 10.1. The second-order valence-corrected chi connectivity index (χ2v) is 6.38. The van der Waals surface area contributed by atoms with Gasteiger partial charge in [-0.1, -0.05) is 32.0 Å². The van der Waals surface area contributed by atoms with Gasteiger partial charge < -0.3 is 20.5 Å². The van der Waals surface area contributed by atoms with E-state index in [0.29, 0.717) is 0 Å². The van der Waals surface area contributed by atoms with E-state index in [1.54, 1.807) is 0 Å². The maximum atomic E-state index is 4.33. The fraction of sp³-hybridized carbons (Fsp3) is 0.550. The first-order valence-electron chi connectivity index (χ1n) is 9.42. The van der Waals surface area contributed by atoms with Crippen molar-refractivity contribution in [1.82, 2.24) is 20.5 Å². The van der Waals surface area contributed by atoms with Crippen LogP contribution in [0.3, 0.4) is 0 Å². The minimum absolute atomic E-state index is 0. The number of para-hydroxylation sites is 1. The molecule has 146 valence electrons. The predicted octanol–water partition coefficient (Wildman–Crippen LogP) is 3.53. The fourth-order valence-electron chi connectivity index (χ4n) is 3.26. The van der Waals surface area contributed by atoms with Crippen LogP contribution in [0.15, 0.2) is 29.3 Å². The highest BCUT2D eigenvalue weighted by atomic mass is 127. The number of fused-ring (bicyclic) bond motifs is 1. The van der Waals surface area contributed by atoms with Crippen molar-refractivity contribution < 1.29 is 0 Å². The van der Waals surface area contributed by atoms with Crippen LogP contribution in [0.2, 0.25) is 0 Å². The zero-order valence-corrected chi connectivity index (χ0v) is 18.9. The van der Waals surface area contributed by atoms with E-state index in [1.165, 1.54) is 28.6 Å². The monoisotopic (exact) mass is 471 g/mol. The van der Waals surface area contributed by atoms with Gasteiger partial charge in [-0.2, -0.15) is 0 Å². The van der Waals surface area contributed by atoms with Gasteiger partial charge in [0.25, 0.3) is 0 Å². The van der Waals surface area contributed by atoms with Crippen molar-refractivity contribution in [3.8, 4) is 0 Å². The standard InChI is InChI=1S/C20H33N5.HI/c1-5-14-25(6-2)15-13-23-20(21-4)22-12-11-17-16(3)24-19-10-8-7-9-18(17)19;/h7-10,24H,5-6,11-15H2,1-4H3,(H2,21,22,23);1H. The summed E-state index contributed by atoms with van der Waals surface area (Å²) < 4.78 is 0. The number of halogens is 1. The number of nitrogens with one attached hydrogen (secondary N) is 3. The van der Waals surface area contributed by atoms with Gasteiger partial charge in [0.2, 0.25) is 0 Å². The molecule has 0 saturated heterocycles. The Hall–Kier alpha value is -1.28. The van der Waals surface area contributed by atoms with E-state index in [4.69, 9.17) is 0 Å². The minimum atomic E-state index is 0. The lowest BCUT2D eigenvalue weighted by Gasteiger charge is -2.20. The molecule has 0 fully saturated rings. The molecule has 2 aromatic rings. The van der Waals surface area contributed by atoms with Gasteiger partial charge in [-0.25, -0.2) is 0 Å². The number of aliphatic imine (C=N–C) groups is 1. The van der Waals surface area contributed by atoms with E-state index in [9.17, 15) is 0 Å². The van der Waals surface area contributed by atoms with Gasteiger partial charge in [-0.3, -0.25) is 4.99 Å². The van der Waals surface area contributed by atoms with Gasteiger partial charge in [0, 0.05) is 43.3 Å². The highest BCUT2D eigenvalue weighted by Gasteiger charge is 2.08. The van der Waals surface area contributed by atoms with Crippen molar-refractivity contribution in [1.29, 1.82) is 0 Å². The highest BCUT2D eigenvalue weighted by molar-refractivity contribution is 14.0. The van der Waals surface area contributed by atoms with Gasteiger partial charge in [0.15, 0.2) is 5.96 Å². The normalized spacial score (nSPS) is 11.7. The molecule has 0 atom stereocenters. The number of H-pyrrole nitrogens is 1. The molecule has 26 heavy (non-hydrogen) atoms. The van der Waals surface area contributed by atoms with Crippen molar-refractivity contribution >= 4 is 40.8 Å². The first-order valence-corrected chi connectivity index (χ1v) is 9.42. The van der Waals surface area contributed by atoms with E-state index < -0.39 is 0 Å². The van der Waals surface area contributed by atoms with E-state index in [0.717, 1.165) is 45.1 Å². The predicted molar refractivity (Wildman–Crippen MR) is 124 cm³/mol. The minimum Gasteiger partial charge on any atom is -0.358 e. The van der Waals surface area contributed by atoms with Gasteiger partial charge in [-0.05, 0) is 44.5 Å². The summed E-state index contributed by atoms with van der Waals surface area (Å²) in [5.74, 6) is 0.880. The fourth-order valence-corrected chi connectivity index (χ4v) is 3.26. The van der Waals surface area contributed by atoms with Crippen molar-refractivity contribution in [3.05, 3.63) is 35.5 Å². The number of aromatic amines is 1. The molecule has 0 radical (unpaired) electrons. The van der Waals surface area contributed by atoms with Crippen molar-refractivity contribution in [2.45, 2.75) is 33.6 Å². The summed E-state index contributed by atoms with van der Waals surface area (Å²) in [4.78, 5) is 10.2. The maximum absolute atomic E-state index is 4.33. The van der Waals surface area contributed by atoms with E-state index in [2.05, 4.69) is 70.5 Å². The van der Waals surface area contributed by atoms with Crippen LogP contribution in [0.1, 0.15) is 31.5 Å². The van der Waals surface area contributed by atoms with Crippen LogP contribution in [-0.4, -0.2) is 55.6 Å². The molecule has 6 heteroatoms. The summed E-state index contributed by atoms with van der Waals surface area (Å²) in [6.07, 6.45) is 2.18. The molecule has 1 aromatic heterocycles. The molecule has 5 nitrogen and oxygen atoms in total. The second-order valence-electron chi connectivity index (χ2n) is 6.38. The number of likely N-dealkylation sites (N-methyl/N-ethyl adjacent to an activating group) is 1. The molecule has 0 aliphatic carbocycles. The third-order valence-corrected chi connectivity index (χ3v) is 4.63. The van der Waals surface area contributed by atoms with E-state index in [-0.39, 0.29) is 24.0 Å². The molecule has 3 N–H and O–H groups in total. The molecule has 0 amide bonds. The van der Waals surface area contributed by atoms with Crippen molar-refractivity contribution in [3.63, 3.8) is 0 Å². The molecular formula is C20H34IN5. The third kappa shape index (κ3) is 6.46. The number of aryl methyl sites for hydroxylation is 1. The van der Waals surface area contributed by atoms with Crippen LogP contribution in [-0.2, 0) is 6.42 Å². The average molecular weight is 471 g/mol. The number of nitrogens with zero attached hydrogens (tertiary/aromatic N) is 2. The van der Waals surface area contributed by atoms with Crippen LogP contribution in [0, 0.1) is 6.92 Å². The molecular weight excluding hydrogens is 437 g/mol. The first kappa shape index (κ1) is 22.8. The molecule has 0 aliphatic rings. The Morgan fingerprint density at radius 2 is 1.85 bits per heavy atom. The number of hydrogen-bond acceptors (Lipinski definition) is 2. The average Bonchev–Trinajstić information content (AvgIpc) is 2.95. The Morgan fingerprint density at radius 1 is 1.12 bits per heavy atom. The van der Waals surface area contributed by atoms with Gasteiger partial charge in [0.05, 0.1) is 0 Å². The highest BCUT2D eigenvalue weighted by Crippen LogP contribution is 2.21. The van der Waals surface area contributed by atoms with Crippen molar-refractivity contribution in [2.24, 2.45) is 4.99 Å². The first-order chi connectivity index (χ1) is 12.2. The Balaban J connectivity index is 0.00000338. The number of benzene rings is 1. The molecule has 0 aliphatic heterocycles. The Bertz CT molecular complexity index is 680. The number of rotatable bonds is 9. The quantitative estimate of drug-likeness (QED) is 0.298. The van der Waals surface area contributed by atoms with Crippen LogP contribution >= 0.6 is 24.0 Å². The van der Waals surface area contributed by atoms with E-state index >= 15 is 0 Å². The molecule has 0 spiro atoms. The Morgan fingerprint density at radius 3 is 2.54 bits per heavy atom. The lowest BCUT2D eigenvalue weighted by Crippen LogP contribution is -2.42. The number of aromatic nitrogens is 1. The number of guanidine groups is 1. The molecule has 0 unspecified atom stereocenters. The molecule has 0 saturated carbocycles. The van der Waals surface area contributed by atoms with Gasteiger partial charge in [-0.15, -0.1) is 24.0 Å². The van der Waals surface area contributed by atoms with Crippen LogP contribution in [0.5, 0.6) is 0 Å². The zero-order chi connectivity index (χ0) is 18.1. The summed E-state index contributed by atoms with van der Waals surface area (Å²) in [6, 6.07) is 8.50. The Kier molecular flexibility index (Phi) is 10.7. The maximum Gasteiger partial charge on any atom is 0.191 e. The lowest BCUT2D eigenvalue weighted by molar-refractivity contribution is 0.293. The summed E-state index contributed by atoms with van der Waals surface area (Å²) in [5.41, 5.74) is 3.86. The summed E-state index contributed by atoms with van der Waals surface area (Å²) in [6.45, 7) is 11.7. The van der Waals surface area contributed by atoms with Crippen molar-refractivity contribution in [2.75, 3.05) is 39.8 Å².